The van der Waals surface area contributed by atoms with Crippen LogP contribution < -0.4 is 0 Å². The Balaban J connectivity index is 1.75. The lowest BCUT2D eigenvalue weighted by molar-refractivity contribution is -0.216. The van der Waals surface area contributed by atoms with Crippen molar-refractivity contribution in [3.05, 3.63) is 58.0 Å². The smallest absolute Gasteiger partial charge is 0.114 e. The average molecular weight is 412 g/mol. The Bertz CT molecular complexity index is 904. The molecular weight excluding hydrogens is 378 g/mol. The van der Waals surface area contributed by atoms with E-state index in [1.54, 1.807) is 7.11 Å². The minimum Gasteiger partial charge on any atom is -0.393 e. The summed E-state index contributed by atoms with van der Waals surface area (Å²) in [5.41, 5.74) is 3.00. The van der Waals surface area contributed by atoms with E-state index in [-0.39, 0.29) is 13.2 Å². The molecule has 3 aliphatic rings. The van der Waals surface area contributed by atoms with Gasteiger partial charge in [0.15, 0.2) is 0 Å². The third kappa shape index (κ3) is 3.57. The zero-order valence-electron chi connectivity index (χ0n) is 18.5. The standard InChI is InChI=1S/C25H33NO4/c1-18-5-6-20(13-21(18)19-7-9-22(2,3)10-8-19)25(29-4)14-23(16-26-28)11-12-24(15-25,17-27)30-23/h5-7,11-13,27H,8-10,14-17H2,1-4H3/t23-,24+,25+/m1/s1. The quantitative estimate of drug-likeness (QED) is 0.526. The highest BCUT2D eigenvalue weighted by Crippen LogP contribution is 2.53. The molecule has 5 heteroatoms. The molecule has 4 rings (SSSR count). The Hall–Kier alpha value is -1.82. The van der Waals surface area contributed by atoms with Crippen molar-refractivity contribution in [1.82, 2.24) is 0 Å². The fraction of sp³-hybridized carbons (Fsp3) is 0.600. The molecule has 2 bridgehead atoms. The van der Waals surface area contributed by atoms with Gasteiger partial charge in [0.25, 0.3) is 0 Å². The molecule has 30 heavy (non-hydrogen) atoms. The van der Waals surface area contributed by atoms with Crippen LogP contribution in [0.4, 0.5) is 0 Å². The number of nitrogens with zero attached hydrogens (tertiary/aromatic N) is 1. The van der Waals surface area contributed by atoms with Gasteiger partial charge in [-0.2, -0.15) is 4.91 Å². The number of hydrogen-bond donors (Lipinski definition) is 1. The van der Waals surface area contributed by atoms with E-state index in [0.717, 1.165) is 18.4 Å². The van der Waals surface area contributed by atoms with Crippen molar-refractivity contribution in [3.63, 3.8) is 0 Å². The topological polar surface area (TPSA) is 68.1 Å². The maximum Gasteiger partial charge on any atom is 0.114 e. The normalized spacial score (nSPS) is 34.6. The van der Waals surface area contributed by atoms with Gasteiger partial charge in [-0.25, -0.2) is 0 Å². The van der Waals surface area contributed by atoms with E-state index in [1.165, 1.54) is 23.1 Å². The van der Waals surface area contributed by atoms with Crippen LogP contribution in [0.2, 0.25) is 0 Å². The second kappa shape index (κ2) is 7.40. The lowest BCUT2D eigenvalue weighted by Crippen LogP contribution is -2.55. The molecule has 0 radical (unpaired) electrons. The van der Waals surface area contributed by atoms with Crippen LogP contribution in [0, 0.1) is 17.2 Å². The molecule has 1 aliphatic carbocycles. The van der Waals surface area contributed by atoms with Gasteiger partial charge in [-0.3, -0.25) is 0 Å². The van der Waals surface area contributed by atoms with Crippen LogP contribution in [-0.4, -0.2) is 36.6 Å². The summed E-state index contributed by atoms with van der Waals surface area (Å²) in [6.07, 6.45) is 10.5. The number of allylic oxidation sites excluding steroid dienone is 2. The lowest BCUT2D eigenvalue weighted by Gasteiger charge is -2.49. The first kappa shape index (κ1) is 21.4. The predicted octanol–water partition coefficient (Wildman–Crippen LogP) is 5.05. The molecule has 1 aromatic carbocycles. The second-order valence-electron chi connectivity index (χ2n) is 10.2. The monoisotopic (exact) mass is 411 g/mol. The van der Waals surface area contributed by atoms with Crippen molar-refractivity contribution in [1.29, 1.82) is 0 Å². The molecule has 0 aromatic heterocycles. The first-order valence-corrected chi connectivity index (χ1v) is 10.9. The maximum atomic E-state index is 11.2. The van der Waals surface area contributed by atoms with Crippen LogP contribution >= 0.6 is 0 Å². The Kier molecular flexibility index (Phi) is 5.28. The number of aliphatic hydroxyl groups excluding tert-OH is 1. The molecule has 0 amide bonds. The van der Waals surface area contributed by atoms with Crippen LogP contribution in [0.1, 0.15) is 62.6 Å². The number of benzene rings is 1. The highest BCUT2D eigenvalue weighted by atomic mass is 16.6. The van der Waals surface area contributed by atoms with Crippen LogP contribution in [0.25, 0.3) is 5.57 Å². The van der Waals surface area contributed by atoms with E-state index in [4.69, 9.17) is 9.47 Å². The number of aryl methyl sites for hydroxylation is 1. The molecule has 0 spiro atoms. The Labute approximate surface area is 179 Å². The summed E-state index contributed by atoms with van der Waals surface area (Å²) in [5.74, 6) is 0. The third-order valence-corrected chi connectivity index (χ3v) is 7.34. The average Bonchev–Trinajstić information content (AvgIpc) is 3.00. The van der Waals surface area contributed by atoms with E-state index in [2.05, 4.69) is 50.2 Å². The van der Waals surface area contributed by atoms with Gasteiger partial charge < -0.3 is 14.6 Å². The highest BCUT2D eigenvalue weighted by molar-refractivity contribution is 5.70. The van der Waals surface area contributed by atoms with Gasteiger partial charge in [0.2, 0.25) is 0 Å². The molecule has 1 N–H and O–H groups in total. The molecule has 0 unspecified atom stereocenters. The van der Waals surface area contributed by atoms with Gasteiger partial charge >= 0.3 is 0 Å². The molecule has 1 saturated heterocycles. The number of methoxy groups -OCH3 is 1. The van der Waals surface area contributed by atoms with Gasteiger partial charge in [0.05, 0.1) is 12.2 Å². The largest absolute Gasteiger partial charge is 0.393 e. The highest BCUT2D eigenvalue weighted by Gasteiger charge is 2.58. The first-order valence-electron chi connectivity index (χ1n) is 10.9. The van der Waals surface area contributed by atoms with Gasteiger partial charge in [-0.05, 0) is 59.9 Å². The zero-order chi connectivity index (χ0) is 21.6. The first-order chi connectivity index (χ1) is 14.2. The number of fused-ring (bicyclic) bond motifs is 2. The molecular formula is C25H33NO4. The zero-order valence-corrected chi connectivity index (χ0v) is 18.5. The molecule has 1 fully saturated rings. The fourth-order valence-corrected chi connectivity index (χ4v) is 5.43. The summed E-state index contributed by atoms with van der Waals surface area (Å²) in [7, 11) is 1.71. The number of ether oxygens (including phenoxy) is 2. The second-order valence-corrected chi connectivity index (χ2v) is 10.2. The van der Waals surface area contributed by atoms with Gasteiger partial charge in [-0.15, -0.1) is 0 Å². The van der Waals surface area contributed by atoms with E-state index in [9.17, 15) is 10.0 Å². The van der Waals surface area contributed by atoms with Crippen molar-refractivity contribution < 1.29 is 14.6 Å². The summed E-state index contributed by atoms with van der Waals surface area (Å²) < 4.78 is 12.4. The number of aliphatic hydroxyl groups is 1. The number of rotatable bonds is 6. The molecule has 2 heterocycles. The van der Waals surface area contributed by atoms with Crippen LogP contribution in [0.15, 0.2) is 41.6 Å². The SMILES string of the molecule is CO[C@@]1(c2ccc(C)c(C3=CCC(C)(C)CC3)c2)C[C@@]2(CN=O)C=C[C@@](CO)(C1)O2. The predicted molar refractivity (Wildman–Crippen MR) is 118 cm³/mol. The molecule has 2 aliphatic heterocycles. The maximum absolute atomic E-state index is 11.2. The molecule has 0 saturated carbocycles. The van der Waals surface area contributed by atoms with E-state index in [1.807, 2.05) is 12.2 Å². The summed E-state index contributed by atoms with van der Waals surface area (Å²) >= 11 is 0. The van der Waals surface area contributed by atoms with Gasteiger partial charge in [0.1, 0.15) is 17.7 Å². The van der Waals surface area contributed by atoms with E-state index in [0.29, 0.717) is 18.3 Å². The van der Waals surface area contributed by atoms with Crippen LogP contribution in [-0.2, 0) is 15.1 Å². The summed E-state index contributed by atoms with van der Waals surface area (Å²) in [6, 6.07) is 6.53. The van der Waals surface area contributed by atoms with Crippen molar-refractivity contribution in [2.24, 2.45) is 10.6 Å². The van der Waals surface area contributed by atoms with Gasteiger partial charge in [0, 0.05) is 20.0 Å². The van der Waals surface area contributed by atoms with E-state index >= 15 is 0 Å². The van der Waals surface area contributed by atoms with Gasteiger partial charge in [-0.1, -0.05) is 49.4 Å². The number of hydrogen-bond acceptors (Lipinski definition) is 5. The van der Waals surface area contributed by atoms with E-state index < -0.39 is 16.8 Å². The minimum absolute atomic E-state index is 0.00924. The molecule has 1 aromatic rings. The van der Waals surface area contributed by atoms with Crippen molar-refractivity contribution in [2.75, 3.05) is 20.3 Å². The van der Waals surface area contributed by atoms with Crippen LogP contribution in [0.3, 0.4) is 0 Å². The summed E-state index contributed by atoms with van der Waals surface area (Å²) in [5, 5.41) is 13.3. The Morgan fingerprint density at radius 3 is 2.57 bits per heavy atom. The Morgan fingerprint density at radius 2 is 1.93 bits per heavy atom. The summed E-state index contributed by atoms with van der Waals surface area (Å²) in [4.78, 5) is 11.2. The number of nitroso groups, excluding NO2 is 1. The van der Waals surface area contributed by atoms with Crippen molar-refractivity contribution in [2.45, 2.75) is 69.7 Å². The molecule has 162 valence electrons. The van der Waals surface area contributed by atoms with Crippen LogP contribution in [0.5, 0.6) is 0 Å². The van der Waals surface area contributed by atoms with Crippen molar-refractivity contribution >= 4 is 5.57 Å². The van der Waals surface area contributed by atoms with Crippen molar-refractivity contribution in [3.8, 4) is 0 Å². The summed E-state index contributed by atoms with van der Waals surface area (Å²) in [6.45, 7) is 6.65. The molecule has 3 atom stereocenters. The Morgan fingerprint density at radius 1 is 1.20 bits per heavy atom. The minimum atomic E-state index is -0.849. The third-order valence-electron chi connectivity index (χ3n) is 7.34. The molecule has 5 nitrogen and oxygen atoms in total. The fourth-order valence-electron chi connectivity index (χ4n) is 5.43. The lowest BCUT2D eigenvalue weighted by atomic mass is 9.73.